The number of piperazine rings is 1. The summed E-state index contributed by atoms with van der Waals surface area (Å²) in [5, 5.41) is 0. The van der Waals surface area contributed by atoms with Gasteiger partial charge in [-0.1, -0.05) is 18.2 Å². The molecule has 1 N–H and O–H groups in total. The third-order valence-electron chi connectivity index (χ3n) is 7.33. The fourth-order valence-corrected chi connectivity index (χ4v) is 5.72. The molecule has 0 aliphatic carbocycles. The summed E-state index contributed by atoms with van der Waals surface area (Å²) in [7, 11) is -3.98. The third-order valence-corrected chi connectivity index (χ3v) is 8.14. The second-order valence-corrected chi connectivity index (χ2v) is 11.9. The highest BCUT2D eigenvalue weighted by Gasteiger charge is 2.36. The molecule has 2 aromatic heterocycles. The maximum Gasteiger partial charge on any atom is 0.419 e. The zero-order valence-corrected chi connectivity index (χ0v) is 23.8. The van der Waals surface area contributed by atoms with Crippen molar-refractivity contribution in [3.8, 4) is 11.3 Å². The number of aromatic nitrogens is 3. The van der Waals surface area contributed by atoms with Gasteiger partial charge in [-0.15, -0.1) is 0 Å². The molecule has 0 spiro atoms. The van der Waals surface area contributed by atoms with Gasteiger partial charge in [0.2, 0.25) is 5.95 Å². The summed E-state index contributed by atoms with van der Waals surface area (Å²) in [6.07, 6.45) is -1.50. The Labute approximate surface area is 242 Å². The Balaban J connectivity index is 1.37. The Morgan fingerprint density at radius 2 is 1.62 bits per heavy atom. The molecule has 14 heteroatoms. The van der Waals surface area contributed by atoms with E-state index in [-0.39, 0.29) is 11.6 Å². The average molecular weight is 607 g/mol. The second kappa shape index (κ2) is 12.8. The third kappa shape index (κ3) is 7.66. The molecule has 1 aromatic carbocycles. The molecule has 4 heterocycles. The number of ether oxygens (including phenoxy) is 1. The van der Waals surface area contributed by atoms with Gasteiger partial charge in [-0.25, -0.2) is 9.97 Å². The number of aryl methyl sites for hydroxylation is 1. The molecule has 2 saturated heterocycles. The molecule has 0 amide bonds. The van der Waals surface area contributed by atoms with Crippen LogP contribution in [0.25, 0.3) is 11.3 Å². The molecule has 0 radical (unpaired) electrons. The summed E-state index contributed by atoms with van der Waals surface area (Å²) in [5.41, 5.74) is 1.87. The molecule has 2 fully saturated rings. The lowest BCUT2D eigenvalue weighted by molar-refractivity contribution is -0.137. The molecule has 0 bridgehead atoms. The molecule has 3 aromatic rings. The normalized spacial score (nSPS) is 16.6. The standard InChI is InChI=1S/C28H33F3N6O4S/c29-28(30,31)23-8-4-9-32-26(23)36-12-10-35(11-13-36)25-20-24(33-27(34-25)37-14-16-41-17-15-37)22-7-3-6-21(19-22)5-1-2-18-42(38,39)40/h3-4,6-9,19-20H,1-2,5,10-18H2,(H,38,39,40). The van der Waals surface area contributed by atoms with E-state index in [1.807, 2.05) is 30.3 Å². The molecule has 2 aliphatic rings. The van der Waals surface area contributed by atoms with Gasteiger partial charge in [-0.05, 0) is 43.0 Å². The van der Waals surface area contributed by atoms with Crippen LogP contribution in [0.3, 0.4) is 0 Å². The van der Waals surface area contributed by atoms with Crippen molar-refractivity contribution in [1.82, 2.24) is 15.0 Å². The summed E-state index contributed by atoms with van der Waals surface area (Å²) in [5.74, 6) is 0.929. The van der Waals surface area contributed by atoms with Crippen LogP contribution in [0.15, 0.2) is 48.7 Å². The number of morpholine rings is 1. The minimum absolute atomic E-state index is 0.0598. The number of alkyl halides is 3. The highest BCUT2D eigenvalue weighted by molar-refractivity contribution is 7.85. The maximum atomic E-state index is 13.6. The van der Waals surface area contributed by atoms with Crippen LogP contribution >= 0.6 is 0 Å². The Morgan fingerprint density at radius 1 is 0.881 bits per heavy atom. The average Bonchev–Trinajstić information content (AvgIpc) is 2.99. The molecule has 0 atom stereocenters. The maximum absolute atomic E-state index is 13.6. The number of pyridine rings is 1. The monoisotopic (exact) mass is 606 g/mol. The van der Waals surface area contributed by atoms with Crippen molar-refractivity contribution >= 4 is 27.7 Å². The number of benzene rings is 1. The first-order chi connectivity index (χ1) is 20.1. The van der Waals surface area contributed by atoms with Gasteiger partial charge in [0.05, 0.1) is 30.2 Å². The predicted octanol–water partition coefficient (Wildman–Crippen LogP) is 3.93. The molecular formula is C28H33F3N6O4S. The zero-order valence-electron chi connectivity index (χ0n) is 23.0. The highest BCUT2D eigenvalue weighted by Crippen LogP contribution is 2.36. The van der Waals surface area contributed by atoms with Crippen molar-refractivity contribution in [3.63, 3.8) is 0 Å². The van der Waals surface area contributed by atoms with Crippen LogP contribution in [0.2, 0.25) is 0 Å². The fourth-order valence-electron chi connectivity index (χ4n) is 5.15. The summed E-state index contributed by atoms with van der Waals surface area (Å²) >= 11 is 0. The van der Waals surface area contributed by atoms with Gasteiger partial charge in [0.1, 0.15) is 11.6 Å². The van der Waals surface area contributed by atoms with Crippen molar-refractivity contribution in [2.24, 2.45) is 0 Å². The Hall–Kier alpha value is -3.49. The molecule has 226 valence electrons. The second-order valence-electron chi connectivity index (χ2n) is 10.3. The molecule has 10 nitrogen and oxygen atoms in total. The van der Waals surface area contributed by atoms with E-state index in [0.717, 1.165) is 17.2 Å². The molecule has 42 heavy (non-hydrogen) atoms. The van der Waals surface area contributed by atoms with E-state index < -0.39 is 21.9 Å². The van der Waals surface area contributed by atoms with Gasteiger partial charge < -0.3 is 19.4 Å². The molecule has 0 saturated carbocycles. The largest absolute Gasteiger partial charge is 0.419 e. The molecular weight excluding hydrogens is 573 g/mol. The number of nitrogens with zero attached hydrogens (tertiary/aromatic N) is 6. The van der Waals surface area contributed by atoms with E-state index in [0.29, 0.717) is 89.2 Å². The first-order valence-corrected chi connectivity index (χ1v) is 15.5. The quantitative estimate of drug-likeness (QED) is 0.284. The van der Waals surface area contributed by atoms with Crippen LogP contribution in [0, 0.1) is 0 Å². The minimum Gasteiger partial charge on any atom is -0.378 e. The minimum atomic E-state index is -4.49. The summed E-state index contributed by atoms with van der Waals surface area (Å²) < 4.78 is 77.3. The van der Waals surface area contributed by atoms with E-state index in [9.17, 15) is 21.6 Å². The number of hydrogen-bond donors (Lipinski definition) is 1. The van der Waals surface area contributed by atoms with Crippen LogP contribution in [0.5, 0.6) is 0 Å². The number of unbranched alkanes of at least 4 members (excludes halogenated alkanes) is 1. The lowest BCUT2D eigenvalue weighted by Gasteiger charge is -2.37. The number of halogens is 3. The van der Waals surface area contributed by atoms with Crippen molar-refractivity contribution in [2.75, 3.05) is 72.9 Å². The first-order valence-electron chi connectivity index (χ1n) is 13.9. The summed E-state index contributed by atoms with van der Waals surface area (Å²) in [6, 6.07) is 12.1. The molecule has 5 rings (SSSR count). The van der Waals surface area contributed by atoms with Gasteiger partial charge in [0.15, 0.2) is 0 Å². The van der Waals surface area contributed by atoms with E-state index in [4.69, 9.17) is 19.3 Å². The molecule has 2 aliphatic heterocycles. The van der Waals surface area contributed by atoms with Crippen LogP contribution in [-0.2, 0) is 27.5 Å². The topological polar surface area (TPSA) is 112 Å². The first kappa shape index (κ1) is 30.0. The summed E-state index contributed by atoms with van der Waals surface area (Å²) in [4.78, 5) is 19.6. The van der Waals surface area contributed by atoms with Crippen LogP contribution in [0.4, 0.5) is 30.8 Å². The van der Waals surface area contributed by atoms with E-state index >= 15 is 0 Å². The highest BCUT2D eigenvalue weighted by atomic mass is 32.2. The van der Waals surface area contributed by atoms with Crippen molar-refractivity contribution in [3.05, 3.63) is 59.8 Å². The van der Waals surface area contributed by atoms with Gasteiger partial charge in [0.25, 0.3) is 10.1 Å². The number of hydrogen-bond acceptors (Lipinski definition) is 9. The van der Waals surface area contributed by atoms with E-state index in [1.54, 1.807) is 4.90 Å². The lowest BCUT2D eigenvalue weighted by atomic mass is 10.0. The van der Waals surface area contributed by atoms with Crippen molar-refractivity contribution < 1.29 is 30.9 Å². The van der Waals surface area contributed by atoms with E-state index in [1.165, 1.54) is 12.3 Å². The smallest absolute Gasteiger partial charge is 0.378 e. The SMILES string of the molecule is O=S(=O)(O)CCCCc1cccc(-c2cc(N3CCN(c4ncccc4C(F)(F)F)CC3)nc(N3CCOCC3)n2)c1. The zero-order chi connectivity index (χ0) is 29.7. The van der Waals surface area contributed by atoms with Gasteiger partial charge in [-0.3, -0.25) is 4.55 Å². The van der Waals surface area contributed by atoms with Crippen molar-refractivity contribution in [2.45, 2.75) is 25.4 Å². The Bertz CT molecular complexity index is 1480. The van der Waals surface area contributed by atoms with Crippen LogP contribution in [0.1, 0.15) is 24.0 Å². The Morgan fingerprint density at radius 3 is 2.33 bits per heavy atom. The summed E-state index contributed by atoms with van der Waals surface area (Å²) in [6.45, 7) is 4.03. The van der Waals surface area contributed by atoms with E-state index in [2.05, 4.69) is 14.8 Å². The van der Waals surface area contributed by atoms with Crippen LogP contribution < -0.4 is 14.7 Å². The predicted molar refractivity (Wildman–Crippen MR) is 154 cm³/mol. The van der Waals surface area contributed by atoms with Gasteiger partial charge >= 0.3 is 6.18 Å². The number of rotatable bonds is 9. The number of anilines is 3. The van der Waals surface area contributed by atoms with Gasteiger partial charge in [0, 0.05) is 57.1 Å². The van der Waals surface area contributed by atoms with Gasteiger partial charge in [-0.2, -0.15) is 26.6 Å². The van der Waals surface area contributed by atoms with Crippen molar-refractivity contribution in [1.29, 1.82) is 0 Å². The fraction of sp³-hybridized carbons (Fsp3) is 0.464. The molecule has 0 unspecified atom stereocenters. The van der Waals surface area contributed by atoms with Crippen LogP contribution in [-0.4, -0.2) is 86.2 Å². The Kier molecular flexibility index (Phi) is 9.13. The lowest BCUT2D eigenvalue weighted by Crippen LogP contribution is -2.48.